The number of ether oxygens (including phenoxy) is 1. The molecule has 0 saturated heterocycles. The van der Waals surface area contributed by atoms with E-state index in [-0.39, 0.29) is 5.91 Å². The predicted molar refractivity (Wildman–Crippen MR) is 105 cm³/mol. The monoisotopic (exact) mass is 366 g/mol. The number of hydrogen-bond acceptors (Lipinski definition) is 4. The number of likely N-dealkylation sites (N-methyl/N-ethyl adjacent to an activating group) is 1. The van der Waals surface area contributed by atoms with Crippen LogP contribution in [0.25, 0.3) is 5.65 Å². The molecule has 0 aliphatic carbocycles. The molecule has 6 nitrogen and oxygen atoms in total. The molecular weight excluding hydrogens is 340 g/mol. The molecule has 0 atom stereocenters. The average Bonchev–Trinajstić information content (AvgIpc) is 3.02. The van der Waals surface area contributed by atoms with Gasteiger partial charge in [-0.15, -0.1) is 0 Å². The molecule has 3 aromatic rings. The van der Waals surface area contributed by atoms with Gasteiger partial charge >= 0.3 is 0 Å². The van der Waals surface area contributed by atoms with Crippen molar-refractivity contribution in [1.29, 1.82) is 0 Å². The van der Waals surface area contributed by atoms with E-state index in [1.54, 1.807) is 4.90 Å². The SMILES string of the molecule is Cc1cc2nc(C)c(CCC(=O)N(C)CCOc3ccccc3)c(C)n2n1. The first kappa shape index (κ1) is 18.9. The van der Waals surface area contributed by atoms with Crippen molar-refractivity contribution in [3.05, 3.63) is 59.0 Å². The normalized spacial score (nSPS) is 11.0. The van der Waals surface area contributed by atoms with Crippen molar-refractivity contribution in [3.63, 3.8) is 0 Å². The van der Waals surface area contributed by atoms with E-state index in [4.69, 9.17) is 4.74 Å². The Morgan fingerprint density at radius 3 is 2.67 bits per heavy atom. The van der Waals surface area contributed by atoms with Gasteiger partial charge in [-0.05, 0) is 44.9 Å². The van der Waals surface area contributed by atoms with Crippen molar-refractivity contribution < 1.29 is 9.53 Å². The first-order valence-electron chi connectivity index (χ1n) is 9.20. The summed E-state index contributed by atoms with van der Waals surface area (Å²) in [4.78, 5) is 18.8. The molecule has 0 aliphatic heterocycles. The van der Waals surface area contributed by atoms with Crippen molar-refractivity contribution in [2.45, 2.75) is 33.6 Å². The number of aromatic nitrogens is 3. The molecule has 0 saturated carbocycles. The summed E-state index contributed by atoms with van der Waals surface area (Å²) in [7, 11) is 1.81. The topological polar surface area (TPSA) is 59.7 Å². The van der Waals surface area contributed by atoms with Crippen LogP contribution in [0.1, 0.15) is 29.1 Å². The van der Waals surface area contributed by atoms with Gasteiger partial charge in [0.05, 0.1) is 12.2 Å². The zero-order chi connectivity index (χ0) is 19.4. The lowest BCUT2D eigenvalue weighted by atomic mass is 10.1. The Bertz CT molecular complexity index is 934. The third-order valence-corrected chi connectivity index (χ3v) is 4.74. The molecule has 1 amide bonds. The summed E-state index contributed by atoms with van der Waals surface area (Å²) < 4.78 is 7.52. The molecular formula is C21H26N4O2. The lowest BCUT2D eigenvalue weighted by molar-refractivity contribution is -0.130. The van der Waals surface area contributed by atoms with E-state index in [2.05, 4.69) is 10.1 Å². The van der Waals surface area contributed by atoms with E-state index in [0.29, 0.717) is 26.0 Å². The molecule has 142 valence electrons. The Hall–Kier alpha value is -2.89. The Labute approximate surface area is 159 Å². The summed E-state index contributed by atoms with van der Waals surface area (Å²) in [5.74, 6) is 0.917. The van der Waals surface area contributed by atoms with Gasteiger partial charge in [0, 0.05) is 30.9 Å². The Morgan fingerprint density at radius 2 is 1.93 bits per heavy atom. The van der Waals surface area contributed by atoms with Gasteiger partial charge in [-0.1, -0.05) is 18.2 Å². The maximum Gasteiger partial charge on any atom is 0.222 e. The molecule has 0 radical (unpaired) electrons. The number of fused-ring (bicyclic) bond motifs is 1. The molecule has 0 fully saturated rings. The molecule has 2 aromatic heterocycles. The highest BCUT2D eigenvalue weighted by atomic mass is 16.5. The van der Waals surface area contributed by atoms with Crippen molar-refractivity contribution in [3.8, 4) is 5.75 Å². The highest BCUT2D eigenvalue weighted by Gasteiger charge is 2.14. The summed E-state index contributed by atoms with van der Waals surface area (Å²) in [5.41, 5.74) is 4.90. The van der Waals surface area contributed by atoms with E-state index < -0.39 is 0 Å². The van der Waals surface area contributed by atoms with Crippen LogP contribution in [0.5, 0.6) is 5.75 Å². The van der Waals surface area contributed by atoms with Crippen LogP contribution in [0.15, 0.2) is 36.4 Å². The van der Waals surface area contributed by atoms with Gasteiger partial charge in [0.25, 0.3) is 0 Å². The minimum absolute atomic E-state index is 0.0993. The highest BCUT2D eigenvalue weighted by Crippen LogP contribution is 2.17. The van der Waals surface area contributed by atoms with Crippen LogP contribution >= 0.6 is 0 Å². The van der Waals surface area contributed by atoms with E-state index in [9.17, 15) is 4.79 Å². The maximum absolute atomic E-state index is 12.5. The number of benzene rings is 1. The Balaban J connectivity index is 1.56. The summed E-state index contributed by atoms with van der Waals surface area (Å²) in [6.45, 7) is 7.02. The van der Waals surface area contributed by atoms with Crippen LogP contribution in [0.4, 0.5) is 0 Å². The molecule has 0 bridgehead atoms. The molecule has 0 aliphatic rings. The molecule has 3 rings (SSSR count). The van der Waals surface area contributed by atoms with Gasteiger partial charge in [0.15, 0.2) is 5.65 Å². The van der Waals surface area contributed by atoms with Crippen LogP contribution in [-0.2, 0) is 11.2 Å². The smallest absolute Gasteiger partial charge is 0.222 e. The molecule has 27 heavy (non-hydrogen) atoms. The number of para-hydroxylation sites is 1. The zero-order valence-corrected chi connectivity index (χ0v) is 16.4. The first-order chi connectivity index (χ1) is 13.0. The number of nitrogens with zero attached hydrogens (tertiary/aromatic N) is 4. The van der Waals surface area contributed by atoms with Gasteiger partial charge in [0.2, 0.25) is 5.91 Å². The van der Waals surface area contributed by atoms with Gasteiger partial charge in [-0.2, -0.15) is 5.10 Å². The molecule has 0 N–H and O–H groups in total. The molecule has 1 aromatic carbocycles. The first-order valence-corrected chi connectivity index (χ1v) is 9.20. The minimum Gasteiger partial charge on any atom is -0.492 e. The standard InChI is InChI=1S/C21H26N4O2/c1-15-14-20-22-16(2)19(17(3)25(20)23-15)10-11-21(26)24(4)12-13-27-18-8-6-5-7-9-18/h5-9,14H,10-13H2,1-4H3. The van der Waals surface area contributed by atoms with E-state index >= 15 is 0 Å². The van der Waals surface area contributed by atoms with Crippen LogP contribution < -0.4 is 4.74 Å². The fourth-order valence-electron chi connectivity index (χ4n) is 3.17. The van der Waals surface area contributed by atoms with Gasteiger partial charge in [-0.25, -0.2) is 9.50 Å². The summed E-state index contributed by atoms with van der Waals surface area (Å²) >= 11 is 0. The van der Waals surface area contributed by atoms with Gasteiger partial charge in [-0.3, -0.25) is 4.79 Å². The zero-order valence-electron chi connectivity index (χ0n) is 16.4. The fourth-order valence-corrected chi connectivity index (χ4v) is 3.17. The Kier molecular flexibility index (Phi) is 5.74. The largest absolute Gasteiger partial charge is 0.492 e. The third kappa shape index (κ3) is 4.45. The van der Waals surface area contributed by atoms with Gasteiger partial charge < -0.3 is 9.64 Å². The van der Waals surface area contributed by atoms with Crippen LogP contribution in [0, 0.1) is 20.8 Å². The number of carbonyl (C=O) groups is 1. The van der Waals surface area contributed by atoms with Crippen LogP contribution in [0.3, 0.4) is 0 Å². The maximum atomic E-state index is 12.5. The summed E-state index contributed by atoms with van der Waals surface area (Å²) in [6.07, 6.45) is 1.10. The predicted octanol–water partition coefficient (Wildman–Crippen LogP) is 3.12. The number of amides is 1. The second kappa shape index (κ2) is 8.20. The minimum atomic E-state index is 0.0993. The highest BCUT2D eigenvalue weighted by molar-refractivity contribution is 5.76. The molecule has 6 heteroatoms. The van der Waals surface area contributed by atoms with Crippen molar-refractivity contribution in [2.75, 3.05) is 20.2 Å². The molecule has 2 heterocycles. The molecule has 0 spiro atoms. The quantitative estimate of drug-likeness (QED) is 0.645. The van der Waals surface area contributed by atoms with Gasteiger partial charge in [0.1, 0.15) is 12.4 Å². The third-order valence-electron chi connectivity index (χ3n) is 4.74. The Morgan fingerprint density at radius 1 is 1.19 bits per heavy atom. The summed E-state index contributed by atoms with van der Waals surface area (Å²) in [5, 5.41) is 4.49. The average molecular weight is 366 g/mol. The number of hydrogen-bond donors (Lipinski definition) is 0. The number of carbonyl (C=O) groups excluding carboxylic acids is 1. The van der Waals surface area contributed by atoms with Crippen LogP contribution in [0.2, 0.25) is 0 Å². The van der Waals surface area contributed by atoms with E-state index in [1.165, 1.54) is 0 Å². The number of aryl methyl sites for hydroxylation is 3. The lowest BCUT2D eigenvalue weighted by Gasteiger charge is -2.18. The van der Waals surface area contributed by atoms with Crippen molar-refractivity contribution in [2.24, 2.45) is 0 Å². The summed E-state index contributed by atoms with van der Waals surface area (Å²) in [6, 6.07) is 11.6. The van der Waals surface area contributed by atoms with Crippen molar-refractivity contribution in [1.82, 2.24) is 19.5 Å². The second-order valence-corrected chi connectivity index (χ2v) is 6.79. The second-order valence-electron chi connectivity index (χ2n) is 6.79. The number of rotatable bonds is 7. The van der Waals surface area contributed by atoms with Crippen molar-refractivity contribution >= 4 is 11.6 Å². The van der Waals surface area contributed by atoms with E-state index in [1.807, 2.05) is 68.7 Å². The molecule has 0 unspecified atom stereocenters. The van der Waals surface area contributed by atoms with E-state index in [0.717, 1.165) is 34.0 Å². The lowest BCUT2D eigenvalue weighted by Crippen LogP contribution is -2.31. The fraction of sp³-hybridized carbons (Fsp3) is 0.381. The van der Waals surface area contributed by atoms with Crippen LogP contribution in [-0.4, -0.2) is 45.6 Å².